The van der Waals surface area contributed by atoms with Crippen LogP contribution < -0.4 is 4.90 Å². The van der Waals surface area contributed by atoms with Gasteiger partial charge in [-0.1, -0.05) is 47.1 Å². The van der Waals surface area contributed by atoms with Gasteiger partial charge in [0.25, 0.3) is 0 Å². The number of thioether (sulfide) groups is 1. The Balaban J connectivity index is 1.85. The number of benzene rings is 2. The summed E-state index contributed by atoms with van der Waals surface area (Å²) in [7, 11) is 0. The van der Waals surface area contributed by atoms with Gasteiger partial charge in [-0.05, 0) is 50.2 Å². The minimum Gasteiger partial charge on any atom is -0.310 e. The highest BCUT2D eigenvalue weighted by molar-refractivity contribution is 8.00. The molecule has 0 aliphatic heterocycles. The summed E-state index contributed by atoms with van der Waals surface area (Å²) in [5.74, 6) is 0.596. The van der Waals surface area contributed by atoms with Gasteiger partial charge in [0.05, 0.1) is 17.7 Å². The van der Waals surface area contributed by atoms with Gasteiger partial charge in [0.1, 0.15) is 0 Å². The Morgan fingerprint density at radius 1 is 1.25 bits per heavy atom. The van der Waals surface area contributed by atoms with Crippen molar-refractivity contribution in [3.05, 3.63) is 71.8 Å². The molecule has 1 heterocycles. The number of aromatic nitrogens is 3. The van der Waals surface area contributed by atoms with Gasteiger partial charge in [0.15, 0.2) is 11.0 Å². The lowest BCUT2D eigenvalue weighted by atomic mass is 10.2. The van der Waals surface area contributed by atoms with Gasteiger partial charge in [-0.3, -0.25) is 9.36 Å². The van der Waals surface area contributed by atoms with Crippen molar-refractivity contribution in [1.82, 2.24) is 14.8 Å². The van der Waals surface area contributed by atoms with Gasteiger partial charge in [-0.2, -0.15) is 5.26 Å². The van der Waals surface area contributed by atoms with Crippen LogP contribution in [0, 0.1) is 18.3 Å². The van der Waals surface area contributed by atoms with Gasteiger partial charge in [0, 0.05) is 29.4 Å². The van der Waals surface area contributed by atoms with Crippen LogP contribution in [0.3, 0.4) is 0 Å². The van der Waals surface area contributed by atoms with Gasteiger partial charge in [-0.25, -0.2) is 0 Å². The molecule has 0 N–H and O–H groups in total. The Morgan fingerprint density at radius 3 is 2.56 bits per heavy atom. The van der Waals surface area contributed by atoms with E-state index in [1.807, 2.05) is 54.8 Å². The van der Waals surface area contributed by atoms with E-state index < -0.39 is 5.25 Å². The largest absolute Gasteiger partial charge is 0.310 e. The molecule has 8 heteroatoms. The molecule has 0 saturated carbocycles. The van der Waals surface area contributed by atoms with Crippen molar-refractivity contribution in [1.29, 1.82) is 5.26 Å². The average molecular weight is 466 g/mol. The molecule has 0 aliphatic rings. The minimum atomic E-state index is -0.430. The van der Waals surface area contributed by atoms with E-state index in [1.54, 1.807) is 23.1 Å². The molecule has 164 valence electrons. The van der Waals surface area contributed by atoms with Gasteiger partial charge in [0.2, 0.25) is 5.91 Å². The third-order valence-electron chi connectivity index (χ3n) is 4.82. The van der Waals surface area contributed by atoms with E-state index in [4.69, 9.17) is 16.9 Å². The van der Waals surface area contributed by atoms with E-state index in [0.717, 1.165) is 16.8 Å². The van der Waals surface area contributed by atoms with Crippen molar-refractivity contribution in [2.45, 2.75) is 37.2 Å². The standard InChI is InChI=1S/C24H24ClN5OS/c1-4-15-30-22(19-8-10-20(25)11-9-19)27-28-24(30)32-18(3)23(31)29(16-5-14-26)21-12-6-17(2)7-13-21/h4,6-13,18H,1,5,15-16H2,2-3H3. The number of aryl methyl sites for hydroxylation is 1. The second-order valence-electron chi connectivity index (χ2n) is 7.21. The molecule has 6 nitrogen and oxygen atoms in total. The summed E-state index contributed by atoms with van der Waals surface area (Å²) in [5, 5.41) is 18.6. The molecular weight excluding hydrogens is 442 g/mol. The molecule has 0 spiro atoms. The first-order valence-corrected chi connectivity index (χ1v) is 11.4. The molecule has 0 radical (unpaired) electrons. The number of anilines is 1. The molecule has 0 bridgehead atoms. The molecule has 2 aromatic carbocycles. The van der Waals surface area contributed by atoms with Crippen molar-refractivity contribution in [2.75, 3.05) is 11.4 Å². The molecule has 1 atom stereocenters. The molecule has 0 fully saturated rings. The maximum absolute atomic E-state index is 13.3. The summed E-state index contributed by atoms with van der Waals surface area (Å²) >= 11 is 7.35. The van der Waals surface area contributed by atoms with Crippen LogP contribution in [0.1, 0.15) is 18.9 Å². The first-order valence-electron chi connectivity index (χ1n) is 10.2. The lowest BCUT2D eigenvalue weighted by Gasteiger charge is -2.25. The number of carbonyl (C=O) groups excluding carboxylic acids is 1. The number of amides is 1. The summed E-state index contributed by atoms with van der Waals surface area (Å²) in [5.41, 5.74) is 2.76. The average Bonchev–Trinajstić information content (AvgIpc) is 3.18. The highest BCUT2D eigenvalue weighted by Crippen LogP contribution is 2.29. The van der Waals surface area contributed by atoms with Crippen LogP contribution >= 0.6 is 23.4 Å². The Morgan fingerprint density at radius 2 is 1.94 bits per heavy atom. The summed E-state index contributed by atoms with van der Waals surface area (Å²) in [6.07, 6.45) is 2.02. The van der Waals surface area contributed by atoms with Crippen LogP contribution in [0.15, 0.2) is 66.3 Å². The van der Waals surface area contributed by atoms with Gasteiger partial charge < -0.3 is 4.90 Å². The summed E-state index contributed by atoms with van der Waals surface area (Å²) in [6, 6.07) is 17.2. The number of hydrogen-bond donors (Lipinski definition) is 0. The fourth-order valence-corrected chi connectivity index (χ4v) is 4.21. The van der Waals surface area contributed by atoms with Crippen LogP contribution in [-0.4, -0.2) is 32.5 Å². The minimum absolute atomic E-state index is 0.0877. The number of carbonyl (C=O) groups is 1. The van der Waals surface area contributed by atoms with Crippen LogP contribution in [0.25, 0.3) is 11.4 Å². The monoisotopic (exact) mass is 465 g/mol. The first kappa shape index (κ1) is 23.6. The maximum Gasteiger partial charge on any atom is 0.240 e. The summed E-state index contributed by atoms with van der Waals surface area (Å²) in [4.78, 5) is 15.0. The Kier molecular flexibility index (Phi) is 8.09. The van der Waals surface area contributed by atoms with Gasteiger partial charge in [-0.15, -0.1) is 16.8 Å². The normalized spacial score (nSPS) is 11.6. The van der Waals surface area contributed by atoms with Crippen LogP contribution in [0.2, 0.25) is 5.02 Å². The van der Waals surface area contributed by atoms with Crippen molar-refractivity contribution < 1.29 is 4.79 Å². The number of nitriles is 1. The zero-order valence-corrected chi connectivity index (χ0v) is 19.6. The van der Waals surface area contributed by atoms with E-state index >= 15 is 0 Å². The van der Waals surface area contributed by atoms with Crippen LogP contribution in [0.5, 0.6) is 0 Å². The molecule has 32 heavy (non-hydrogen) atoms. The maximum atomic E-state index is 13.3. The van der Waals surface area contributed by atoms with Crippen molar-refractivity contribution in [2.24, 2.45) is 0 Å². The number of allylic oxidation sites excluding steroid dienone is 1. The smallest absolute Gasteiger partial charge is 0.240 e. The molecule has 1 unspecified atom stereocenters. The number of nitrogens with zero attached hydrogens (tertiary/aromatic N) is 5. The molecule has 0 aliphatic carbocycles. The van der Waals surface area contributed by atoms with Gasteiger partial charge >= 0.3 is 0 Å². The zero-order chi connectivity index (χ0) is 23.1. The molecular formula is C24H24ClN5OS. The SMILES string of the molecule is C=CCn1c(SC(C)C(=O)N(CCC#N)c2ccc(C)cc2)nnc1-c1ccc(Cl)cc1. The summed E-state index contributed by atoms with van der Waals surface area (Å²) < 4.78 is 1.93. The Hall–Kier alpha value is -3.08. The van der Waals surface area contributed by atoms with E-state index in [-0.39, 0.29) is 12.3 Å². The zero-order valence-electron chi connectivity index (χ0n) is 18.0. The molecule has 1 amide bonds. The predicted molar refractivity (Wildman–Crippen MR) is 130 cm³/mol. The van der Waals surface area contributed by atoms with Crippen LogP contribution in [0.4, 0.5) is 5.69 Å². The first-order chi connectivity index (χ1) is 15.4. The van der Waals surface area contributed by atoms with E-state index in [2.05, 4.69) is 22.8 Å². The van der Waals surface area contributed by atoms with Crippen molar-refractivity contribution >= 4 is 35.0 Å². The van der Waals surface area contributed by atoms with Crippen LogP contribution in [-0.2, 0) is 11.3 Å². The second kappa shape index (κ2) is 11.0. The highest BCUT2D eigenvalue weighted by atomic mass is 35.5. The highest BCUT2D eigenvalue weighted by Gasteiger charge is 2.25. The van der Waals surface area contributed by atoms with E-state index in [0.29, 0.717) is 29.1 Å². The Labute approximate surface area is 197 Å². The fourth-order valence-electron chi connectivity index (χ4n) is 3.16. The number of hydrogen-bond acceptors (Lipinski definition) is 5. The lowest BCUT2D eigenvalue weighted by molar-refractivity contribution is -0.117. The molecule has 0 saturated heterocycles. The molecule has 3 aromatic rings. The van der Waals surface area contributed by atoms with E-state index in [1.165, 1.54) is 11.8 Å². The Bertz CT molecular complexity index is 1120. The third kappa shape index (κ3) is 5.58. The molecule has 1 aromatic heterocycles. The van der Waals surface area contributed by atoms with Crippen molar-refractivity contribution in [3.63, 3.8) is 0 Å². The topological polar surface area (TPSA) is 74.8 Å². The van der Waals surface area contributed by atoms with Crippen molar-refractivity contribution in [3.8, 4) is 17.5 Å². The molecule has 3 rings (SSSR count). The third-order valence-corrected chi connectivity index (χ3v) is 6.14. The summed E-state index contributed by atoms with van der Waals surface area (Å²) in [6.45, 7) is 8.51. The second-order valence-corrected chi connectivity index (χ2v) is 8.95. The van der Waals surface area contributed by atoms with E-state index in [9.17, 15) is 4.79 Å². The predicted octanol–water partition coefficient (Wildman–Crippen LogP) is 5.52. The fraction of sp³-hybridized carbons (Fsp3) is 0.250. The quantitative estimate of drug-likeness (QED) is 0.307. The number of rotatable bonds is 9. The lowest BCUT2D eigenvalue weighted by Crippen LogP contribution is -2.37. The number of halogens is 1.